The van der Waals surface area contributed by atoms with Gasteiger partial charge >= 0.3 is 5.69 Å². The Labute approximate surface area is 116 Å². The summed E-state index contributed by atoms with van der Waals surface area (Å²) >= 11 is 1.83. The minimum atomic E-state index is -0.688. The lowest BCUT2D eigenvalue weighted by molar-refractivity contribution is -0.0547. The lowest BCUT2D eigenvalue weighted by atomic mass is 10.2. The Balaban J connectivity index is 2.26. The van der Waals surface area contributed by atoms with Gasteiger partial charge in [0.1, 0.15) is 12.3 Å². The number of nitrogens with zero attached hydrogens (tertiary/aromatic N) is 1. The summed E-state index contributed by atoms with van der Waals surface area (Å²) in [5, 5.41) is 9.77. The van der Waals surface area contributed by atoms with Gasteiger partial charge in [-0.15, -0.1) is 0 Å². The Bertz CT molecular complexity index is 540. The highest BCUT2D eigenvalue weighted by Crippen LogP contribution is 2.27. The van der Waals surface area contributed by atoms with Crippen molar-refractivity contribution in [3.05, 3.63) is 30.6 Å². The smallest absolute Gasteiger partial charge is 0.330 e. The van der Waals surface area contributed by atoms with Gasteiger partial charge in [-0.3, -0.25) is 14.3 Å². The first kappa shape index (κ1) is 13.7. The fourth-order valence-corrected chi connectivity index (χ4v) is 2.31. The third-order valence-corrected chi connectivity index (χ3v) is 3.54. The molecule has 100 valence electrons. The summed E-state index contributed by atoms with van der Waals surface area (Å²) in [4.78, 5) is 25.1. The van der Waals surface area contributed by atoms with E-state index in [1.54, 1.807) is 0 Å². The van der Waals surface area contributed by atoms with E-state index in [-0.39, 0.29) is 13.0 Å². The summed E-state index contributed by atoms with van der Waals surface area (Å²) in [7, 11) is 1.51. The number of hydrogen-bond donors (Lipinski definition) is 2. The first-order valence-corrected chi connectivity index (χ1v) is 6.44. The largest absolute Gasteiger partial charge is 0.390 e. The minimum Gasteiger partial charge on any atom is -0.390 e. The summed E-state index contributed by atoms with van der Waals surface area (Å²) in [6.07, 6.45) is -0.0226. The zero-order valence-electron chi connectivity index (χ0n) is 9.63. The number of ether oxygens (including phenoxy) is 2. The van der Waals surface area contributed by atoms with Crippen LogP contribution in [0.3, 0.4) is 0 Å². The van der Waals surface area contributed by atoms with Gasteiger partial charge in [-0.2, -0.15) is 0 Å². The molecule has 18 heavy (non-hydrogen) atoms. The highest BCUT2D eigenvalue weighted by molar-refractivity contribution is 14.1. The molecule has 2 rings (SSSR count). The molecule has 1 saturated heterocycles. The van der Waals surface area contributed by atoms with Crippen molar-refractivity contribution >= 4 is 22.6 Å². The van der Waals surface area contributed by atoms with Crippen LogP contribution in [0.4, 0.5) is 0 Å². The molecule has 1 aliphatic rings. The molecule has 2 N–H and O–H groups in total. The van der Waals surface area contributed by atoms with Gasteiger partial charge in [0.2, 0.25) is 0 Å². The third-order valence-electron chi connectivity index (χ3n) is 2.77. The molecular formula is C10H13IN2O5. The highest BCUT2D eigenvalue weighted by atomic mass is 127. The van der Waals surface area contributed by atoms with Crippen LogP contribution in [0.2, 0.25) is 0 Å². The number of halogens is 1. The molecule has 0 saturated carbocycles. The number of aromatic amines is 1. The molecule has 1 aromatic heterocycles. The van der Waals surface area contributed by atoms with Crippen LogP contribution >= 0.6 is 22.6 Å². The number of aliphatic hydroxyl groups excluding tert-OH is 1. The fraction of sp³-hybridized carbons (Fsp3) is 0.600. The Morgan fingerprint density at radius 2 is 2.39 bits per heavy atom. The maximum absolute atomic E-state index is 11.7. The number of aliphatic hydroxyl groups is 1. The van der Waals surface area contributed by atoms with Gasteiger partial charge in [0.25, 0.3) is 5.56 Å². The summed E-state index contributed by atoms with van der Waals surface area (Å²) in [6, 6.07) is 0. The predicted octanol–water partition coefficient (Wildman–Crippen LogP) is -0.564. The quantitative estimate of drug-likeness (QED) is 0.698. The third kappa shape index (κ3) is 2.66. The average Bonchev–Trinajstić information content (AvgIpc) is 2.66. The molecule has 2 heterocycles. The topological polar surface area (TPSA) is 93.5 Å². The van der Waals surface area contributed by atoms with Crippen molar-refractivity contribution in [1.82, 2.24) is 9.55 Å². The molecule has 0 radical (unpaired) electrons. The number of aromatic nitrogens is 2. The maximum atomic E-state index is 11.7. The van der Waals surface area contributed by atoms with Gasteiger partial charge in [0, 0.05) is 19.7 Å². The minimum absolute atomic E-state index is 0.257. The molecule has 0 amide bonds. The van der Waals surface area contributed by atoms with Crippen LogP contribution in [-0.2, 0) is 9.47 Å². The highest BCUT2D eigenvalue weighted by Gasteiger charge is 2.35. The number of methoxy groups -OCH3 is 1. The lowest BCUT2D eigenvalue weighted by Crippen LogP contribution is -2.33. The SMILES string of the molecule is COC[C@H]1O[C@@H](n2cc(I)c(=O)[nH]c2=O)C[C@H]1O. The molecule has 0 unspecified atom stereocenters. The van der Waals surface area contributed by atoms with Gasteiger partial charge in [0.15, 0.2) is 0 Å². The molecule has 3 atom stereocenters. The first-order valence-electron chi connectivity index (χ1n) is 5.36. The van der Waals surface area contributed by atoms with E-state index in [0.29, 0.717) is 3.57 Å². The average molecular weight is 368 g/mol. The van der Waals surface area contributed by atoms with Crippen molar-refractivity contribution in [2.24, 2.45) is 0 Å². The van der Waals surface area contributed by atoms with Crippen molar-refractivity contribution < 1.29 is 14.6 Å². The van der Waals surface area contributed by atoms with E-state index in [0.717, 1.165) is 0 Å². The Kier molecular flexibility index (Phi) is 4.20. The number of rotatable bonds is 3. The standard InChI is InChI=1S/C10H13IN2O5/c1-17-4-7-6(14)2-8(18-7)13-3-5(11)9(15)12-10(13)16/h3,6-8,14H,2,4H2,1H3,(H,12,15,16)/t6-,7-,8-/m1/s1. The van der Waals surface area contributed by atoms with E-state index in [4.69, 9.17) is 9.47 Å². The normalized spacial score (nSPS) is 27.6. The molecule has 1 aromatic rings. The van der Waals surface area contributed by atoms with E-state index in [1.165, 1.54) is 17.9 Å². The molecule has 1 fully saturated rings. The van der Waals surface area contributed by atoms with E-state index >= 15 is 0 Å². The van der Waals surface area contributed by atoms with Gasteiger partial charge < -0.3 is 14.6 Å². The second-order valence-corrected chi connectivity index (χ2v) is 5.19. The second-order valence-electron chi connectivity index (χ2n) is 4.03. The molecule has 1 aliphatic heterocycles. The Hall–Kier alpha value is -0.710. The number of hydrogen-bond acceptors (Lipinski definition) is 5. The number of nitrogens with one attached hydrogen (secondary N) is 1. The van der Waals surface area contributed by atoms with E-state index in [9.17, 15) is 14.7 Å². The van der Waals surface area contributed by atoms with E-state index < -0.39 is 29.7 Å². The summed E-state index contributed by atoms with van der Waals surface area (Å²) < 4.78 is 12.1. The molecule has 0 aromatic carbocycles. The van der Waals surface area contributed by atoms with Crippen molar-refractivity contribution in [1.29, 1.82) is 0 Å². The van der Waals surface area contributed by atoms with E-state index in [1.807, 2.05) is 22.6 Å². The van der Waals surface area contributed by atoms with Gasteiger partial charge in [-0.25, -0.2) is 4.79 Å². The summed E-state index contributed by atoms with van der Waals surface area (Å²) in [5.74, 6) is 0. The monoisotopic (exact) mass is 368 g/mol. The molecule has 0 aliphatic carbocycles. The van der Waals surface area contributed by atoms with Crippen molar-refractivity contribution in [2.75, 3.05) is 13.7 Å². The molecule has 0 spiro atoms. The van der Waals surface area contributed by atoms with Crippen molar-refractivity contribution in [2.45, 2.75) is 24.9 Å². The molecule has 0 bridgehead atoms. The zero-order chi connectivity index (χ0) is 13.3. The maximum Gasteiger partial charge on any atom is 0.330 e. The summed E-state index contributed by atoms with van der Waals surface area (Å²) in [5.41, 5.74) is -0.973. The predicted molar refractivity (Wildman–Crippen MR) is 70.4 cm³/mol. The van der Waals surface area contributed by atoms with Gasteiger partial charge in [-0.05, 0) is 22.6 Å². The van der Waals surface area contributed by atoms with Gasteiger partial charge in [0.05, 0.1) is 16.3 Å². The fourth-order valence-electron chi connectivity index (χ4n) is 1.87. The molecule has 7 nitrogen and oxygen atoms in total. The van der Waals surface area contributed by atoms with Crippen molar-refractivity contribution in [3.8, 4) is 0 Å². The second kappa shape index (κ2) is 5.51. The lowest BCUT2D eigenvalue weighted by Gasteiger charge is -2.15. The molecular weight excluding hydrogens is 355 g/mol. The van der Waals surface area contributed by atoms with Crippen molar-refractivity contribution in [3.63, 3.8) is 0 Å². The van der Waals surface area contributed by atoms with E-state index in [2.05, 4.69) is 4.98 Å². The van der Waals surface area contributed by atoms with Crippen LogP contribution in [0.15, 0.2) is 15.8 Å². The molecule has 8 heteroatoms. The Morgan fingerprint density at radius 1 is 1.67 bits per heavy atom. The van der Waals surface area contributed by atoms with Gasteiger partial charge in [-0.1, -0.05) is 0 Å². The van der Waals surface area contributed by atoms with Crippen LogP contribution in [-0.4, -0.2) is 40.6 Å². The van der Waals surface area contributed by atoms with Crippen LogP contribution in [0.5, 0.6) is 0 Å². The van der Waals surface area contributed by atoms with Crippen LogP contribution in [0, 0.1) is 3.57 Å². The van der Waals surface area contributed by atoms with Crippen LogP contribution in [0.1, 0.15) is 12.6 Å². The number of H-pyrrole nitrogens is 1. The van der Waals surface area contributed by atoms with Crippen LogP contribution < -0.4 is 11.2 Å². The zero-order valence-corrected chi connectivity index (χ0v) is 11.8. The van der Waals surface area contributed by atoms with Crippen LogP contribution in [0.25, 0.3) is 0 Å². The summed E-state index contributed by atoms with van der Waals surface area (Å²) in [6.45, 7) is 0.257. The Morgan fingerprint density at radius 3 is 3.06 bits per heavy atom. The first-order chi connectivity index (χ1) is 8.52.